The first-order valence-corrected chi connectivity index (χ1v) is 6.59. The lowest BCUT2D eigenvalue weighted by molar-refractivity contribution is -0.268. The zero-order chi connectivity index (χ0) is 14.5. The van der Waals surface area contributed by atoms with Crippen molar-refractivity contribution in [3.8, 4) is 5.75 Å². The molecule has 0 bridgehead atoms. The molecule has 1 N–H and O–H groups in total. The van der Waals surface area contributed by atoms with Crippen LogP contribution in [-0.2, 0) is 0 Å². The number of aliphatic hydroxyl groups is 1. The molecule has 1 fully saturated rings. The van der Waals surface area contributed by atoms with Crippen LogP contribution in [0.4, 0.5) is 4.79 Å². The fourth-order valence-electron chi connectivity index (χ4n) is 2.45. The highest BCUT2D eigenvalue weighted by Crippen LogP contribution is 2.29. The zero-order valence-electron chi connectivity index (χ0n) is 11.2. The minimum atomic E-state index is -1.23. The maximum absolute atomic E-state index is 10.8. The quantitative estimate of drug-likeness (QED) is 0.823. The first kappa shape index (κ1) is 14.4. The number of benzene rings is 1. The molecule has 20 heavy (non-hydrogen) atoms. The molecule has 1 aromatic rings. The van der Waals surface area contributed by atoms with E-state index in [0.29, 0.717) is 19.6 Å². The predicted octanol–water partition coefficient (Wildman–Crippen LogP) is 0.745. The topological polar surface area (TPSA) is 72.8 Å². The van der Waals surface area contributed by atoms with Gasteiger partial charge in [-0.2, -0.15) is 0 Å². The summed E-state index contributed by atoms with van der Waals surface area (Å²) in [6.45, 7) is 4.52. The van der Waals surface area contributed by atoms with E-state index in [2.05, 4.69) is 6.58 Å². The summed E-state index contributed by atoms with van der Waals surface area (Å²) in [4.78, 5) is 11.9. The van der Waals surface area contributed by atoms with Crippen molar-refractivity contribution in [2.45, 2.75) is 18.4 Å². The fourth-order valence-corrected chi connectivity index (χ4v) is 2.45. The van der Waals surface area contributed by atoms with E-state index in [1.54, 1.807) is 6.08 Å². The summed E-state index contributed by atoms with van der Waals surface area (Å²) in [5, 5.41) is 20.8. The molecule has 0 saturated carbocycles. The van der Waals surface area contributed by atoms with E-state index in [1.165, 1.54) is 0 Å². The number of aliphatic hydroxyl groups excluding tert-OH is 1. The SMILES string of the molecule is C=CCOc1ccc(C2CCN(C(=O)[O-])CC2O)cc1. The number of β-amino-alcohol motifs (C(OH)–C–C–N with tert-alkyl or cyclic N) is 1. The van der Waals surface area contributed by atoms with Crippen LogP contribution in [0.2, 0.25) is 0 Å². The Hall–Kier alpha value is -2.01. The maximum atomic E-state index is 10.8. The molecule has 1 aliphatic heterocycles. The number of hydrogen-bond donors (Lipinski definition) is 1. The Morgan fingerprint density at radius 3 is 2.75 bits per heavy atom. The number of piperidine rings is 1. The van der Waals surface area contributed by atoms with Gasteiger partial charge in [0.25, 0.3) is 0 Å². The summed E-state index contributed by atoms with van der Waals surface area (Å²) in [7, 11) is 0. The second kappa shape index (κ2) is 6.43. The Balaban J connectivity index is 2.01. The Labute approximate surface area is 118 Å². The fraction of sp³-hybridized carbons (Fsp3) is 0.400. The molecule has 1 saturated heterocycles. The third-order valence-corrected chi connectivity index (χ3v) is 3.52. The molecule has 5 heteroatoms. The number of ether oxygens (including phenoxy) is 1. The van der Waals surface area contributed by atoms with Crippen molar-refractivity contribution in [1.29, 1.82) is 0 Å². The first-order valence-electron chi connectivity index (χ1n) is 6.59. The Bertz CT molecular complexity index is 471. The van der Waals surface area contributed by atoms with Gasteiger partial charge < -0.3 is 24.6 Å². The van der Waals surface area contributed by atoms with Crippen molar-refractivity contribution >= 4 is 6.09 Å². The molecule has 0 aromatic heterocycles. The zero-order valence-corrected chi connectivity index (χ0v) is 11.2. The van der Waals surface area contributed by atoms with Crippen LogP contribution in [-0.4, -0.2) is 41.9 Å². The van der Waals surface area contributed by atoms with Gasteiger partial charge in [-0.1, -0.05) is 24.8 Å². The summed E-state index contributed by atoms with van der Waals surface area (Å²) in [5.74, 6) is 0.689. The lowest BCUT2D eigenvalue weighted by atomic mass is 9.87. The van der Waals surface area contributed by atoms with E-state index in [4.69, 9.17) is 4.74 Å². The van der Waals surface area contributed by atoms with Gasteiger partial charge in [0.15, 0.2) is 0 Å². The van der Waals surface area contributed by atoms with Gasteiger partial charge in [0.1, 0.15) is 18.4 Å². The predicted molar refractivity (Wildman–Crippen MR) is 72.5 cm³/mol. The highest BCUT2D eigenvalue weighted by atomic mass is 16.5. The van der Waals surface area contributed by atoms with Crippen LogP contribution in [0.15, 0.2) is 36.9 Å². The Kier molecular flexibility index (Phi) is 4.63. The molecule has 2 unspecified atom stereocenters. The van der Waals surface area contributed by atoms with Crippen molar-refractivity contribution in [2.24, 2.45) is 0 Å². The minimum absolute atomic E-state index is 0.0564. The number of nitrogens with zero attached hydrogens (tertiary/aromatic N) is 1. The standard InChI is InChI=1S/C15H19NO4/c1-2-9-20-12-5-3-11(4-6-12)13-7-8-16(15(18)19)10-14(13)17/h2-6,13-14,17H,1,7-10H2,(H,18,19)/p-1. The summed E-state index contributed by atoms with van der Waals surface area (Å²) >= 11 is 0. The van der Waals surface area contributed by atoms with Crippen molar-refractivity contribution in [3.63, 3.8) is 0 Å². The van der Waals surface area contributed by atoms with E-state index in [9.17, 15) is 15.0 Å². The normalized spacial score (nSPS) is 22.4. The Morgan fingerprint density at radius 1 is 1.50 bits per heavy atom. The highest BCUT2D eigenvalue weighted by Gasteiger charge is 2.28. The summed E-state index contributed by atoms with van der Waals surface area (Å²) in [6.07, 6.45) is 0.326. The maximum Gasteiger partial charge on any atom is 0.137 e. The third kappa shape index (κ3) is 3.30. The third-order valence-electron chi connectivity index (χ3n) is 3.52. The molecule has 0 radical (unpaired) electrons. The molecular weight excluding hydrogens is 258 g/mol. The number of carbonyl (C=O) groups is 1. The number of rotatable bonds is 4. The molecule has 108 valence electrons. The molecular formula is C15H18NO4-. The molecule has 0 aliphatic carbocycles. The van der Waals surface area contributed by atoms with Crippen LogP contribution in [0.3, 0.4) is 0 Å². The van der Waals surface area contributed by atoms with Gasteiger partial charge in [-0.3, -0.25) is 0 Å². The largest absolute Gasteiger partial charge is 0.530 e. The summed E-state index contributed by atoms with van der Waals surface area (Å²) in [6, 6.07) is 7.50. The minimum Gasteiger partial charge on any atom is -0.530 e. The van der Waals surface area contributed by atoms with Gasteiger partial charge in [-0.05, 0) is 24.1 Å². The van der Waals surface area contributed by atoms with Gasteiger partial charge in [0.05, 0.1) is 6.10 Å². The van der Waals surface area contributed by atoms with Gasteiger partial charge in [-0.25, -0.2) is 0 Å². The van der Waals surface area contributed by atoms with E-state index >= 15 is 0 Å². The van der Waals surface area contributed by atoms with Gasteiger partial charge >= 0.3 is 0 Å². The van der Waals surface area contributed by atoms with Gasteiger partial charge in [-0.15, -0.1) is 0 Å². The van der Waals surface area contributed by atoms with Crippen LogP contribution in [0, 0.1) is 0 Å². The molecule has 1 aliphatic rings. The Morgan fingerprint density at radius 2 is 2.20 bits per heavy atom. The van der Waals surface area contributed by atoms with Crippen molar-refractivity contribution in [3.05, 3.63) is 42.5 Å². The van der Waals surface area contributed by atoms with Crippen LogP contribution < -0.4 is 9.84 Å². The van der Waals surface area contributed by atoms with Gasteiger partial charge in [0, 0.05) is 19.0 Å². The number of likely N-dealkylation sites (tertiary alicyclic amines) is 1. The lowest BCUT2D eigenvalue weighted by Gasteiger charge is -2.37. The van der Waals surface area contributed by atoms with E-state index < -0.39 is 12.2 Å². The average molecular weight is 276 g/mol. The molecule has 1 heterocycles. The molecule has 1 amide bonds. The van der Waals surface area contributed by atoms with Gasteiger partial charge in [0.2, 0.25) is 0 Å². The second-order valence-electron chi connectivity index (χ2n) is 4.84. The molecule has 2 atom stereocenters. The number of carboxylic acid groups (broad SMARTS) is 1. The molecule has 1 aromatic carbocycles. The van der Waals surface area contributed by atoms with Crippen molar-refractivity contribution < 1.29 is 19.7 Å². The monoisotopic (exact) mass is 276 g/mol. The van der Waals surface area contributed by atoms with E-state index in [1.807, 2.05) is 24.3 Å². The second-order valence-corrected chi connectivity index (χ2v) is 4.84. The first-order chi connectivity index (χ1) is 9.61. The van der Waals surface area contributed by atoms with Crippen LogP contribution in [0.1, 0.15) is 17.9 Å². The van der Waals surface area contributed by atoms with Crippen LogP contribution in [0.5, 0.6) is 5.75 Å². The summed E-state index contributed by atoms with van der Waals surface area (Å²) in [5.41, 5.74) is 0.987. The van der Waals surface area contributed by atoms with E-state index in [-0.39, 0.29) is 12.5 Å². The molecule has 2 rings (SSSR count). The van der Waals surface area contributed by atoms with Crippen molar-refractivity contribution in [2.75, 3.05) is 19.7 Å². The molecule has 5 nitrogen and oxygen atoms in total. The molecule has 0 spiro atoms. The van der Waals surface area contributed by atoms with Crippen LogP contribution >= 0.6 is 0 Å². The van der Waals surface area contributed by atoms with Crippen LogP contribution in [0.25, 0.3) is 0 Å². The highest BCUT2D eigenvalue weighted by molar-refractivity contribution is 5.62. The smallest absolute Gasteiger partial charge is 0.137 e. The van der Waals surface area contributed by atoms with Crippen molar-refractivity contribution in [1.82, 2.24) is 4.90 Å². The van der Waals surface area contributed by atoms with E-state index in [0.717, 1.165) is 16.2 Å². The number of amides is 1. The summed E-state index contributed by atoms with van der Waals surface area (Å²) < 4.78 is 5.40. The number of carbonyl (C=O) groups excluding carboxylic acids is 1. The number of hydrogen-bond acceptors (Lipinski definition) is 4. The average Bonchev–Trinajstić information content (AvgIpc) is 2.45. The lowest BCUT2D eigenvalue weighted by Crippen LogP contribution is -2.50.